The second-order valence-electron chi connectivity index (χ2n) is 3.23. The van der Waals surface area contributed by atoms with Gasteiger partial charge >= 0.3 is 0 Å². The summed E-state index contributed by atoms with van der Waals surface area (Å²) < 4.78 is 0. The average molecular weight is 228 g/mol. The van der Waals surface area contributed by atoms with Gasteiger partial charge in [-0.05, 0) is 24.3 Å². The van der Waals surface area contributed by atoms with Crippen molar-refractivity contribution in [3.8, 4) is 0 Å². The second-order valence-corrected chi connectivity index (χ2v) is 5.18. The molecule has 1 amide bonds. The van der Waals surface area contributed by atoms with Crippen molar-refractivity contribution in [2.45, 2.75) is 18.9 Å². The molecule has 1 aromatic rings. The van der Waals surface area contributed by atoms with Gasteiger partial charge in [0.1, 0.15) is 5.69 Å². The number of rotatable bonds is 2. The number of thioether (sulfide) groups is 1. The van der Waals surface area contributed by atoms with Crippen LogP contribution in [0.3, 0.4) is 0 Å². The highest BCUT2D eigenvalue weighted by molar-refractivity contribution is 7.99. The van der Waals surface area contributed by atoms with E-state index >= 15 is 0 Å². The predicted octanol–water partition coefficient (Wildman–Crippen LogP) is 1.77. The first-order valence-corrected chi connectivity index (χ1v) is 6.73. The molecule has 3 nitrogen and oxygen atoms in total. The lowest BCUT2D eigenvalue weighted by Crippen LogP contribution is -2.37. The third-order valence-corrected chi connectivity index (χ3v) is 3.86. The number of amides is 1. The van der Waals surface area contributed by atoms with E-state index in [1.807, 2.05) is 11.8 Å². The van der Waals surface area contributed by atoms with Gasteiger partial charge in [0.2, 0.25) is 0 Å². The van der Waals surface area contributed by atoms with E-state index in [0.29, 0.717) is 11.7 Å². The van der Waals surface area contributed by atoms with Gasteiger partial charge in [-0.1, -0.05) is 0 Å². The van der Waals surface area contributed by atoms with Crippen LogP contribution >= 0.6 is 23.1 Å². The van der Waals surface area contributed by atoms with Gasteiger partial charge in [-0.25, -0.2) is 4.98 Å². The maximum absolute atomic E-state index is 11.6. The third kappa shape index (κ3) is 2.48. The highest BCUT2D eigenvalue weighted by Gasteiger charge is 2.17. The predicted molar refractivity (Wildman–Crippen MR) is 59.9 cm³/mol. The summed E-state index contributed by atoms with van der Waals surface area (Å²) in [6.07, 6.45) is 2.17. The van der Waals surface area contributed by atoms with E-state index in [-0.39, 0.29) is 5.91 Å². The molecule has 0 saturated carbocycles. The molecule has 1 saturated heterocycles. The number of carbonyl (C=O) groups is 1. The number of hydrogen-bond donors (Lipinski definition) is 1. The van der Waals surface area contributed by atoms with Crippen LogP contribution in [0.4, 0.5) is 0 Å². The highest BCUT2D eigenvalue weighted by atomic mass is 32.2. The zero-order valence-corrected chi connectivity index (χ0v) is 9.37. The molecule has 0 spiro atoms. The Morgan fingerprint density at radius 1 is 1.50 bits per heavy atom. The Morgan fingerprint density at radius 2 is 2.29 bits per heavy atom. The van der Waals surface area contributed by atoms with Gasteiger partial charge in [-0.15, -0.1) is 11.3 Å². The molecule has 1 aliphatic heterocycles. The first kappa shape index (κ1) is 9.98. The SMILES string of the molecule is O=C(NC1CCSCC1)c1cscn1. The van der Waals surface area contributed by atoms with E-state index in [0.717, 1.165) is 24.3 Å². The lowest BCUT2D eigenvalue weighted by atomic mass is 10.1. The molecule has 0 radical (unpaired) electrons. The smallest absolute Gasteiger partial charge is 0.270 e. The van der Waals surface area contributed by atoms with Crippen molar-refractivity contribution in [3.63, 3.8) is 0 Å². The molecule has 1 aromatic heterocycles. The van der Waals surface area contributed by atoms with E-state index in [2.05, 4.69) is 10.3 Å². The summed E-state index contributed by atoms with van der Waals surface area (Å²) in [5, 5.41) is 4.80. The van der Waals surface area contributed by atoms with Crippen molar-refractivity contribution in [3.05, 3.63) is 16.6 Å². The van der Waals surface area contributed by atoms with Gasteiger partial charge in [0.15, 0.2) is 0 Å². The van der Waals surface area contributed by atoms with Crippen LogP contribution in [0.15, 0.2) is 10.9 Å². The molecule has 2 rings (SSSR count). The van der Waals surface area contributed by atoms with Crippen molar-refractivity contribution in [1.29, 1.82) is 0 Å². The fraction of sp³-hybridized carbons (Fsp3) is 0.556. The Hall–Kier alpha value is -0.550. The maximum Gasteiger partial charge on any atom is 0.270 e. The molecule has 76 valence electrons. The molecule has 1 N–H and O–H groups in total. The van der Waals surface area contributed by atoms with Gasteiger partial charge in [-0.2, -0.15) is 11.8 Å². The van der Waals surface area contributed by atoms with E-state index in [1.54, 1.807) is 10.9 Å². The van der Waals surface area contributed by atoms with E-state index < -0.39 is 0 Å². The van der Waals surface area contributed by atoms with Gasteiger partial charge < -0.3 is 5.32 Å². The fourth-order valence-corrected chi connectivity index (χ4v) is 3.06. The molecule has 5 heteroatoms. The molecule has 14 heavy (non-hydrogen) atoms. The Labute approximate surface area is 91.3 Å². The van der Waals surface area contributed by atoms with Crippen LogP contribution in [-0.4, -0.2) is 28.4 Å². The number of aromatic nitrogens is 1. The summed E-state index contributed by atoms with van der Waals surface area (Å²) in [5.74, 6) is 2.28. The molecule has 1 fully saturated rings. The van der Waals surface area contributed by atoms with Crippen LogP contribution in [0, 0.1) is 0 Å². The van der Waals surface area contributed by atoms with Gasteiger partial charge in [0, 0.05) is 11.4 Å². The minimum absolute atomic E-state index is 0.0249. The zero-order chi connectivity index (χ0) is 9.80. The first-order chi connectivity index (χ1) is 6.86. The summed E-state index contributed by atoms with van der Waals surface area (Å²) in [6, 6.07) is 0.352. The van der Waals surface area contributed by atoms with Crippen LogP contribution in [0.25, 0.3) is 0 Å². The molecule has 0 aliphatic carbocycles. The van der Waals surface area contributed by atoms with Gasteiger partial charge in [-0.3, -0.25) is 4.79 Å². The van der Waals surface area contributed by atoms with Crippen molar-refractivity contribution >= 4 is 29.0 Å². The number of hydrogen-bond acceptors (Lipinski definition) is 4. The lowest BCUT2D eigenvalue weighted by molar-refractivity contribution is 0.0930. The average Bonchev–Trinajstić information content (AvgIpc) is 2.72. The number of nitrogens with zero attached hydrogens (tertiary/aromatic N) is 1. The molecule has 1 aliphatic rings. The highest BCUT2D eigenvalue weighted by Crippen LogP contribution is 2.17. The minimum Gasteiger partial charge on any atom is -0.348 e. The Kier molecular flexibility index (Phi) is 3.42. The summed E-state index contributed by atoms with van der Waals surface area (Å²) in [7, 11) is 0. The van der Waals surface area contributed by atoms with E-state index in [9.17, 15) is 4.79 Å². The maximum atomic E-state index is 11.6. The first-order valence-electron chi connectivity index (χ1n) is 4.63. The van der Waals surface area contributed by atoms with E-state index in [1.165, 1.54) is 11.3 Å². The standard InChI is InChI=1S/C9H12N2OS2/c12-9(8-5-14-6-10-8)11-7-1-3-13-4-2-7/h5-7H,1-4H2,(H,11,12). The third-order valence-electron chi connectivity index (χ3n) is 2.22. The van der Waals surface area contributed by atoms with Crippen LogP contribution in [-0.2, 0) is 0 Å². The quantitative estimate of drug-likeness (QED) is 0.839. The monoisotopic (exact) mass is 228 g/mol. The molecule has 0 bridgehead atoms. The van der Waals surface area contributed by atoms with Crippen LogP contribution in [0.1, 0.15) is 23.3 Å². The van der Waals surface area contributed by atoms with Crippen LogP contribution in [0.2, 0.25) is 0 Å². The van der Waals surface area contributed by atoms with Crippen molar-refractivity contribution in [2.75, 3.05) is 11.5 Å². The summed E-state index contributed by atoms with van der Waals surface area (Å²) in [6.45, 7) is 0. The second kappa shape index (κ2) is 4.79. The number of carbonyl (C=O) groups excluding carboxylic acids is 1. The number of nitrogens with one attached hydrogen (secondary N) is 1. The molecule has 0 atom stereocenters. The fourth-order valence-electron chi connectivity index (χ4n) is 1.43. The molecule has 0 unspecified atom stereocenters. The molecular formula is C9H12N2OS2. The topological polar surface area (TPSA) is 42.0 Å². The van der Waals surface area contributed by atoms with Crippen LogP contribution < -0.4 is 5.32 Å². The minimum atomic E-state index is -0.0249. The lowest BCUT2D eigenvalue weighted by Gasteiger charge is -2.21. The Bertz CT molecular complexity index is 294. The Morgan fingerprint density at radius 3 is 2.93 bits per heavy atom. The zero-order valence-electron chi connectivity index (χ0n) is 7.73. The Balaban J connectivity index is 1.87. The molecule has 0 aromatic carbocycles. The summed E-state index contributed by atoms with van der Waals surface area (Å²) in [4.78, 5) is 15.6. The van der Waals surface area contributed by atoms with Crippen molar-refractivity contribution in [1.82, 2.24) is 10.3 Å². The van der Waals surface area contributed by atoms with Gasteiger partial charge in [0.05, 0.1) is 5.51 Å². The summed E-state index contributed by atoms with van der Waals surface area (Å²) >= 11 is 3.41. The van der Waals surface area contributed by atoms with Crippen LogP contribution in [0.5, 0.6) is 0 Å². The molecule has 2 heterocycles. The van der Waals surface area contributed by atoms with Gasteiger partial charge in [0.25, 0.3) is 5.91 Å². The normalized spacial score (nSPS) is 18.0. The molecular weight excluding hydrogens is 216 g/mol. The van der Waals surface area contributed by atoms with Crippen molar-refractivity contribution < 1.29 is 4.79 Å². The van der Waals surface area contributed by atoms with E-state index in [4.69, 9.17) is 0 Å². The largest absolute Gasteiger partial charge is 0.348 e. The number of thiazole rings is 1. The summed E-state index contributed by atoms with van der Waals surface area (Å²) in [5.41, 5.74) is 2.24. The van der Waals surface area contributed by atoms with Crippen molar-refractivity contribution in [2.24, 2.45) is 0 Å².